The van der Waals surface area contributed by atoms with E-state index in [-0.39, 0.29) is 17.7 Å². The van der Waals surface area contributed by atoms with Crippen LogP contribution in [0.25, 0.3) is 0 Å². The second-order valence-electron chi connectivity index (χ2n) is 4.55. The Balaban J connectivity index is 2.17. The first-order valence-electron chi connectivity index (χ1n) is 6.53. The monoisotopic (exact) mass is 293 g/mol. The molecule has 2 rings (SSSR count). The third kappa shape index (κ3) is 3.30. The highest BCUT2D eigenvalue weighted by Crippen LogP contribution is 2.27. The van der Waals surface area contributed by atoms with E-state index < -0.39 is 5.82 Å². The van der Waals surface area contributed by atoms with Crippen molar-refractivity contribution in [2.45, 2.75) is 26.0 Å². The molecule has 0 fully saturated rings. The third-order valence-corrected chi connectivity index (χ3v) is 3.60. The van der Waals surface area contributed by atoms with E-state index in [1.165, 1.54) is 6.07 Å². The van der Waals surface area contributed by atoms with Gasteiger partial charge in [0.2, 0.25) is 0 Å². The van der Waals surface area contributed by atoms with Gasteiger partial charge in [-0.25, -0.2) is 4.39 Å². The van der Waals surface area contributed by atoms with Crippen molar-refractivity contribution in [2.24, 2.45) is 5.73 Å². The first-order valence-corrected chi connectivity index (χ1v) is 6.91. The molecule has 0 aliphatic heterocycles. The van der Waals surface area contributed by atoms with Crippen LogP contribution in [0.15, 0.2) is 42.5 Å². The van der Waals surface area contributed by atoms with Gasteiger partial charge in [-0.05, 0) is 18.6 Å². The Morgan fingerprint density at radius 1 is 1.20 bits per heavy atom. The van der Waals surface area contributed by atoms with Gasteiger partial charge < -0.3 is 10.5 Å². The largest absolute Gasteiger partial charge is 0.489 e. The van der Waals surface area contributed by atoms with E-state index in [0.29, 0.717) is 11.3 Å². The molecular formula is C16H17ClFNO. The number of rotatable bonds is 5. The molecular weight excluding hydrogens is 277 g/mol. The van der Waals surface area contributed by atoms with Crippen LogP contribution in [0.3, 0.4) is 0 Å². The minimum Gasteiger partial charge on any atom is -0.489 e. The molecule has 2 aromatic carbocycles. The zero-order chi connectivity index (χ0) is 14.5. The number of hydrogen-bond acceptors (Lipinski definition) is 2. The summed E-state index contributed by atoms with van der Waals surface area (Å²) >= 11 is 5.91. The molecule has 0 saturated carbocycles. The summed E-state index contributed by atoms with van der Waals surface area (Å²) < 4.78 is 19.1. The lowest BCUT2D eigenvalue weighted by molar-refractivity contribution is 0.300. The van der Waals surface area contributed by atoms with E-state index >= 15 is 0 Å². The van der Waals surface area contributed by atoms with Gasteiger partial charge in [-0.15, -0.1) is 0 Å². The van der Waals surface area contributed by atoms with Gasteiger partial charge in [-0.2, -0.15) is 0 Å². The van der Waals surface area contributed by atoms with E-state index in [2.05, 4.69) is 0 Å². The van der Waals surface area contributed by atoms with Crippen LogP contribution in [0.2, 0.25) is 5.02 Å². The fourth-order valence-corrected chi connectivity index (χ4v) is 2.13. The summed E-state index contributed by atoms with van der Waals surface area (Å²) in [7, 11) is 0. The Kier molecular flexibility index (Phi) is 4.99. The van der Waals surface area contributed by atoms with Crippen LogP contribution in [0.5, 0.6) is 5.75 Å². The molecule has 0 amide bonds. The molecule has 2 aromatic rings. The standard InChI is InChI=1S/C16H17ClFNO/c1-2-14(19)12-7-3-4-9-15(12)20-10-11-6-5-8-13(18)16(11)17/h3-9,14H,2,10,19H2,1H3/t14-/m1/s1. The van der Waals surface area contributed by atoms with Gasteiger partial charge in [0.25, 0.3) is 0 Å². The topological polar surface area (TPSA) is 35.2 Å². The maximum absolute atomic E-state index is 13.4. The van der Waals surface area contributed by atoms with Crippen LogP contribution in [-0.4, -0.2) is 0 Å². The SMILES string of the molecule is CC[C@@H](N)c1ccccc1OCc1cccc(F)c1Cl. The Bertz CT molecular complexity index is 588. The fraction of sp³-hybridized carbons (Fsp3) is 0.250. The molecule has 0 heterocycles. The number of benzene rings is 2. The third-order valence-electron chi connectivity index (χ3n) is 3.17. The second-order valence-corrected chi connectivity index (χ2v) is 4.93. The normalized spacial score (nSPS) is 12.2. The van der Waals surface area contributed by atoms with Gasteiger partial charge in [0, 0.05) is 17.2 Å². The highest BCUT2D eigenvalue weighted by Gasteiger charge is 2.11. The molecule has 0 saturated heterocycles. The van der Waals surface area contributed by atoms with Crippen molar-refractivity contribution in [1.29, 1.82) is 0 Å². The Morgan fingerprint density at radius 2 is 1.95 bits per heavy atom. The van der Waals surface area contributed by atoms with Crippen molar-refractivity contribution in [2.75, 3.05) is 0 Å². The maximum Gasteiger partial charge on any atom is 0.142 e. The van der Waals surface area contributed by atoms with E-state index in [4.69, 9.17) is 22.1 Å². The van der Waals surface area contributed by atoms with Crippen LogP contribution < -0.4 is 10.5 Å². The average Bonchev–Trinajstić information content (AvgIpc) is 2.48. The van der Waals surface area contributed by atoms with Crippen molar-refractivity contribution in [3.8, 4) is 5.75 Å². The number of hydrogen-bond donors (Lipinski definition) is 1. The number of nitrogens with two attached hydrogens (primary N) is 1. The molecule has 0 spiro atoms. The molecule has 2 nitrogen and oxygen atoms in total. The predicted octanol–water partition coefficient (Wildman–Crippen LogP) is 4.47. The van der Waals surface area contributed by atoms with Gasteiger partial charge >= 0.3 is 0 Å². The maximum atomic E-state index is 13.4. The molecule has 0 aromatic heterocycles. The van der Waals surface area contributed by atoms with E-state index in [1.54, 1.807) is 12.1 Å². The van der Waals surface area contributed by atoms with Crippen molar-refractivity contribution in [1.82, 2.24) is 0 Å². The van der Waals surface area contributed by atoms with Gasteiger partial charge in [0.15, 0.2) is 0 Å². The average molecular weight is 294 g/mol. The highest BCUT2D eigenvalue weighted by molar-refractivity contribution is 6.31. The smallest absolute Gasteiger partial charge is 0.142 e. The van der Waals surface area contributed by atoms with Gasteiger partial charge in [-0.1, -0.05) is 48.9 Å². The lowest BCUT2D eigenvalue weighted by Crippen LogP contribution is -2.11. The number of para-hydroxylation sites is 1. The molecule has 0 radical (unpaired) electrons. The van der Waals surface area contributed by atoms with E-state index in [1.807, 2.05) is 31.2 Å². The molecule has 0 aliphatic rings. The summed E-state index contributed by atoms with van der Waals surface area (Å²) in [5.41, 5.74) is 7.62. The van der Waals surface area contributed by atoms with E-state index in [9.17, 15) is 4.39 Å². The van der Waals surface area contributed by atoms with Crippen molar-refractivity contribution in [3.63, 3.8) is 0 Å². The van der Waals surface area contributed by atoms with Gasteiger partial charge in [0.1, 0.15) is 18.2 Å². The molecule has 0 unspecified atom stereocenters. The summed E-state index contributed by atoms with van der Waals surface area (Å²) in [5, 5.41) is 0.102. The van der Waals surface area contributed by atoms with Crippen LogP contribution in [0.4, 0.5) is 4.39 Å². The van der Waals surface area contributed by atoms with Gasteiger partial charge in [0.05, 0.1) is 5.02 Å². The summed E-state index contributed by atoms with van der Waals surface area (Å²) in [6.07, 6.45) is 0.821. The minimum atomic E-state index is -0.439. The Hall–Kier alpha value is -1.58. The zero-order valence-corrected chi connectivity index (χ0v) is 12.0. The predicted molar refractivity (Wildman–Crippen MR) is 79.4 cm³/mol. The number of ether oxygens (including phenoxy) is 1. The summed E-state index contributed by atoms with van der Waals surface area (Å²) in [6.45, 7) is 2.23. The highest BCUT2D eigenvalue weighted by atomic mass is 35.5. The molecule has 0 bridgehead atoms. The molecule has 20 heavy (non-hydrogen) atoms. The fourth-order valence-electron chi connectivity index (χ4n) is 1.95. The minimum absolute atomic E-state index is 0.0748. The zero-order valence-electron chi connectivity index (χ0n) is 11.3. The van der Waals surface area contributed by atoms with E-state index in [0.717, 1.165) is 12.0 Å². The van der Waals surface area contributed by atoms with Crippen LogP contribution in [0.1, 0.15) is 30.5 Å². The first kappa shape index (κ1) is 14.8. The Labute approximate surface area is 123 Å². The summed E-state index contributed by atoms with van der Waals surface area (Å²) in [6, 6.07) is 12.2. The molecule has 4 heteroatoms. The van der Waals surface area contributed by atoms with Crippen molar-refractivity contribution in [3.05, 3.63) is 64.4 Å². The molecule has 1 atom stereocenters. The Morgan fingerprint density at radius 3 is 2.70 bits per heavy atom. The quantitative estimate of drug-likeness (QED) is 0.883. The molecule has 106 valence electrons. The van der Waals surface area contributed by atoms with Gasteiger partial charge in [-0.3, -0.25) is 0 Å². The van der Waals surface area contributed by atoms with Crippen LogP contribution >= 0.6 is 11.6 Å². The summed E-state index contributed by atoms with van der Waals surface area (Å²) in [5.74, 6) is 0.272. The number of halogens is 2. The van der Waals surface area contributed by atoms with Crippen LogP contribution in [0, 0.1) is 5.82 Å². The van der Waals surface area contributed by atoms with Crippen molar-refractivity contribution >= 4 is 11.6 Å². The first-order chi connectivity index (χ1) is 9.63. The molecule has 2 N–H and O–H groups in total. The lowest BCUT2D eigenvalue weighted by Gasteiger charge is -2.16. The molecule has 0 aliphatic carbocycles. The second kappa shape index (κ2) is 6.73. The van der Waals surface area contributed by atoms with Crippen molar-refractivity contribution < 1.29 is 9.13 Å². The van der Waals surface area contributed by atoms with Crippen LogP contribution in [-0.2, 0) is 6.61 Å². The lowest BCUT2D eigenvalue weighted by atomic mass is 10.0. The summed E-state index contributed by atoms with van der Waals surface area (Å²) in [4.78, 5) is 0.